The Morgan fingerprint density at radius 1 is 0.763 bits per heavy atom. The van der Waals surface area contributed by atoms with E-state index in [-0.39, 0.29) is 34.5 Å². The normalized spacial score (nSPS) is 14.7. The molecule has 38 heavy (non-hydrogen) atoms. The van der Waals surface area contributed by atoms with Crippen LogP contribution in [0.1, 0.15) is 53.4 Å². The second kappa shape index (κ2) is 17.2. The molecule has 5 heteroatoms. The van der Waals surface area contributed by atoms with Crippen molar-refractivity contribution in [1.82, 2.24) is 0 Å². The summed E-state index contributed by atoms with van der Waals surface area (Å²) in [6, 6.07) is 0. The lowest BCUT2D eigenvalue weighted by atomic mass is 9.87. The van der Waals surface area contributed by atoms with Gasteiger partial charge in [0.25, 0.3) is 0 Å². The van der Waals surface area contributed by atoms with E-state index in [0.29, 0.717) is 17.4 Å². The van der Waals surface area contributed by atoms with E-state index in [4.69, 9.17) is 4.74 Å². The van der Waals surface area contributed by atoms with Crippen molar-refractivity contribution in [3.8, 4) is 0 Å². The van der Waals surface area contributed by atoms with Gasteiger partial charge in [-0.05, 0) is 41.9 Å². The molecule has 0 spiro atoms. The number of hydrogen-bond donors (Lipinski definition) is 0. The first kappa shape index (κ1) is 34.7. The van der Waals surface area contributed by atoms with E-state index in [9.17, 15) is 17.6 Å². The first-order valence-electron chi connectivity index (χ1n) is 12.6. The maximum absolute atomic E-state index is 14.9. The molecule has 0 saturated carbocycles. The fourth-order valence-electron chi connectivity index (χ4n) is 3.13. The summed E-state index contributed by atoms with van der Waals surface area (Å²) in [4.78, 5) is 0. The lowest BCUT2D eigenvalue weighted by Crippen LogP contribution is -2.07. The highest BCUT2D eigenvalue weighted by molar-refractivity contribution is 5.55. The van der Waals surface area contributed by atoms with Crippen LogP contribution in [-0.4, -0.2) is 6.61 Å². The molecule has 0 aliphatic heterocycles. The van der Waals surface area contributed by atoms with E-state index in [1.165, 1.54) is 18.2 Å². The van der Waals surface area contributed by atoms with Crippen LogP contribution in [0.2, 0.25) is 0 Å². The molecule has 0 heterocycles. The highest BCUT2D eigenvalue weighted by Gasteiger charge is 2.18. The minimum atomic E-state index is -1.34. The van der Waals surface area contributed by atoms with E-state index in [2.05, 4.69) is 66.8 Å². The van der Waals surface area contributed by atoms with Crippen molar-refractivity contribution in [2.24, 2.45) is 11.8 Å². The number of allylic oxidation sites excluding steroid dienone is 13. The Morgan fingerprint density at radius 3 is 1.71 bits per heavy atom. The van der Waals surface area contributed by atoms with Crippen LogP contribution in [-0.2, 0) is 4.74 Å². The summed E-state index contributed by atoms with van der Waals surface area (Å²) in [6.45, 7) is 32.9. The summed E-state index contributed by atoms with van der Waals surface area (Å²) < 4.78 is 63.1. The summed E-state index contributed by atoms with van der Waals surface area (Å²) >= 11 is 0. The van der Waals surface area contributed by atoms with Gasteiger partial charge in [-0.1, -0.05) is 110 Å². The molecule has 0 aliphatic rings. The molecule has 208 valence electrons. The molecule has 1 nitrogen and oxygen atoms in total. The van der Waals surface area contributed by atoms with Gasteiger partial charge in [0.2, 0.25) is 5.83 Å². The fourth-order valence-corrected chi connectivity index (χ4v) is 3.13. The number of halogens is 4. The van der Waals surface area contributed by atoms with Gasteiger partial charge in [0.05, 0.1) is 0 Å². The maximum Gasteiger partial charge on any atom is 0.200 e. The van der Waals surface area contributed by atoms with Crippen LogP contribution in [0.15, 0.2) is 133 Å². The smallest absolute Gasteiger partial charge is 0.200 e. The molecule has 0 N–H and O–H groups in total. The quantitative estimate of drug-likeness (QED) is 0.0741. The Labute approximate surface area is 227 Å². The fraction of sp³-hybridized carbons (Fsp3) is 0.333. The van der Waals surface area contributed by atoms with E-state index >= 15 is 0 Å². The molecular formula is C33H42F4O. The molecule has 0 aliphatic carbocycles. The Bertz CT molecular complexity index is 1080. The number of ether oxygens (including phenoxy) is 1. The highest BCUT2D eigenvalue weighted by atomic mass is 19.2. The number of rotatable bonds is 18. The van der Waals surface area contributed by atoms with Crippen LogP contribution in [0.25, 0.3) is 0 Å². The van der Waals surface area contributed by atoms with Crippen LogP contribution in [0.3, 0.4) is 0 Å². The van der Waals surface area contributed by atoms with Crippen LogP contribution in [0.4, 0.5) is 17.6 Å². The first-order valence-corrected chi connectivity index (χ1v) is 12.6. The standard InChI is InChI=1S/C33H42F4O/c1-12-14-15-21(3)22(4)16-17-23(5)26(8)30(34)31(35)27(9)24(6)18-19-25(7)28(10)32(36)33(37)29(11)38-20-13-2/h13,17-19,21-22H,2,6-12,14-16,20H2,1,3-5H3/b19-18-,23-17+,31-30-,33-32-. The van der Waals surface area contributed by atoms with Gasteiger partial charge >= 0.3 is 0 Å². The van der Waals surface area contributed by atoms with E-state index in [1.54, 1.807) is 6.92 Å². The largest absolute Gasteiger partial charge is 0.487 e. The minimum absolute atomic E-state index is 0.00277. The summed E-state index contributed by atoms with van der Waals surface area (Å²) in [5.41, 5.74) is -0.264. The predicted molar refractivity (Wildman–Crippen MR) is 155 cm³/mol. The average molecular weight is 531 g/mol. The topological polar surface area (TPSA) is 9.23 Å². The Balaban J connectivity index is 5.42. The molecule has 0 rings (SSSR count). The van der Waals surface area contributed by atoms with Crippen LogP contribution < -0.4 is 0 Å². The van der Waals surface area contributed by atoms with Crippen molar-refractivity contribution < 1.29 is 22.3 Å². The lowest BCUT2D eigenvalue weighted by Gasteiger charge is -2.18. The minimum Gasteiger partial charge on any atom is -0.487 e. The molecule has 0 aromatic rings. The molecule has 0 amide bonds. The molecule has 2 atom stereocenters. The first-order chi connectivity index (χ1) is 17.7. The summed E-state index contributed by atoms with van der Waals surface area (Å²) in [7, 11) is 0. The van der Waals surface area contributed by atoms with Gasteiger partial charge in [0, 0.05) is 16.7 Å². The number of hydrogen-bond acceptors (Lipinski definition) is 1. The Kier molecular flexibility index (Phi) is 15.7. The third-order valence-corrected chi connectivity index (χ3v) is 6.32. The van der Waals surface area contributed by atoms with E-state index in [1.807, 2.05) is 6.08 Å². The maximum atomic E-state index is 14.9. The van der Waals surface area contributed by atoms with Gasteiger partial charge in [-0.2, -0.15) is 4.39 Å². The molecule has 0 saturated heterocycles. The van der Waals surface area contributed by atoms with Crippen molar-refractivity contribution >= 4 is 0 Å². The second-order valence-corrected chi connectivity index (χ2v) is 9.32. The van der Waals surface area contributed by atoms with E-state index < -0.39 is 29.1 Å². The van der Waals surface area contributed by atoms with Crippen molar-refractivity contribution in [3.63, 3.8) is 0 Å². The molecule has 0 aromatic carbocycles. The van der Waals surface area contributed by atoms with Gasteiger partial charge in [0.15, 0.2) is 23.2 Å². The molecule has 2 unspecified atom stereocenters. The SMILES string of the molecule is C=CCOC(=C)/C(F)=C(/F)C(=C)C(=C)/C=C\C(=C)C(=C)/C(F)=C(/F)C(=C)/C(C)=C/CC(C)C(C)CCCC. The molecule has 0 radical (unpaired) electrons. The average Bonchev–Trinajstić information content (AvgIpc) is 2.92. The van der Waals surface area contributed by atoms with Crippen LogP contribution >= 0.6 is 0 Å². The van der Waals surface area contributed by atoms with E-state index in [0.717, 1.165) is 25.7 Å². The molecule has 0 aromatic heterocycles. The Morgan fingerprint density at radius 2 is 1.24 bits per heavy atom. The van der Waals surface area contributed by atoms with Gasteiger partial charge < -0.3 is 4.74 Å². The zero-order chi connectivity index (χ0) is 29.6. The third kappa shape index (κ3) is 11.0. The highest BCUT2D eigenvalue weighted by Crippen LogP contribution is 2.31. The van der Waals surface area contributed by atoms with Crippen LogP contribution in [0, 0.1) is 11.8 Å². The third-order valence-electron chi connectivity index (χ3n) is 6.32. The molecule has 0 fully saturated rings. The van der Waals surface area contributed by atoms with Gasteiger partial charge in [-0.3, -0.25) is 0 Å². The summed E-state index contributed by atoms with van der Waals surface area (Å²) in [6.07, 6.45) is 9.87. The lowest BCUT2D eigenvalue weighted by molar-refractivity contribution is 0.241. The zero-order valence-electron chi connectivity index (χ0n) is 23.4. The second-order valence-electron chi connectivity index (χ2n) is 9.32. The molecule has 0 bridgehead atoms. The zero-order valence-corrected chi connectivity index (χ0v) is 23.4. The summed E-state index contributed by atoms with van der Waals surface area (Å²) in [5.74, 6) is -4.60. The number of unbranched alkanes of at least 4 members (excludes halogenated alkanes) is 1. The van der Waals surface area contributed by atoms with Crippen LogP contribution in [0.5, 0.6) is 0 Å². The molecular weight excluding hydrogens is 488 g/mol. The monoisotopic (exact) mass is 530 g/mol. The van der Waals surface area contributed by atoms with Crippen molar-refractivity contribution in [2.45, 2.75) is 53.4 Å². The Hall–Kier alpha value is -3.34. The predicted octanol–water partition coefficient (Wildman–Crippen LogP) is 11.1. The van der Waals surface area contributed by atoms with Gasteiger partial charge in [-0.25, -0.2) is 13.2 Å². The van der Waals surface area contributed by atoms with Crippen molar-refractivity contribution in [1.29, 1.82) is 0 Å². The summed E-state index contributed by atoms with van der Waals surface area (Å²) in [5, 5.41) is 0. The van der Waals surface area contributed by atoms with Gasteiger partial charge in [-0.15, -0.1) is 0 Å². The van der Waals surface area contributed by atoms with Gasteiger partial charge in [0.1, 0.15) is 6.61 Å². The van der Waals surface area contributed by atoms with Crippen molar-refractivity contribution in [3.05, 3.63) is 133 Å². The van der Waals surface area contributed by atoms with Crippen molar-refractivity contribution in [2.75, 3.05) is 6.61 Å².